The minimum absolute atomic E-state index is 0.0997. The van der Waals surface area contributed by atoms with E-state index in [4.69, 9.17) is 0 Å². The number of para-hydroxylation sites is 1. The number of aromatic nitrogens is 2. The Balaban J connectivity index is 1.49. The normalized spacial score (nSPS) is 11.2. The number of carbonyl (C=O) groups is 1. The first kappa shape index (κ1) is 18.9. The van der Waals surface area contributed by atoms with E-state index in [2.05, 4.69) is 9.55 Å². The fourth-order valence-corrected chi connectivity index (χ4v) is 5.17. The van der Waals surface area contributed by atoms with E-state index < -0.39 is 0 Å². The number of halogens is 1. The number of carbonyl (C=O) groups excluding carboxylic acids is 1. The molecule has 0 radical (unpaired) electrons. The Morgan fingerprint density at radius 2 is 1.89 bits per heavy atom. The summed E-state index contributed by atoms with van der Waals surface area (Å²) in [6, 6.07) is 16.4. The lowest BCUT2D eigenvalue weighted by Gasteiger charge is -2.10. The summed E-state index contributed by atoms with van der Waals surface area (Å²) in [5.41, 5.74) is 4.69. The van der Waals surface area contributed by atoms with Gasteiger partial charge in [-0.1, -0.05) is 36.0 Å². The molecule has 6 heteroatoms. The summed E-state index contributed by atoms with van der Waals surface area (Å²) in [4.78, 5) is 17.4. The van der Waals surface area contributed by atoms with Gasteiger partial charge in [-0.25, -0.2) is 9.37 Å². The van der Waals surface area contributed by atoms with Gasteiger partial charge in [0, 0.05) is 23.5 Å². The van der Waals surface area contributed by atoms with Gasteiger partial charge >= 0.3 is 0 Å². The Labute approximate surface area is 171 Å². The second kappa shape index (κ2) is 7.89. The van der Waals surface area contributed by atoms with Gasteiger partial charge in [0.25, 0.3) is 0 Å². The SMILES string of the molecule is Cc1cc(C(=O)CSc2nc3ccccc3s2)c(C)n1Cc1ccc(F)cc1. The molecule has 0 saturated carbocycles. The Bertz CT molecular complexity index is 1110. The lowest BCUT2D eigenvalue weighted by atomic mass is 10.2. The molecule has 0 saturated heterocycles. The Morgan fingerprint density at radius 3 is 2.64 bits per heavy atom. The predicted octanol–water partition coefficient (Wildman–Crippen LogP) is 5.88. The van der Waals surface area contributed by atoms with Crippen LogP contribution in [0.5, 0.6) is 0 Å². The molecule has 4 aromatic rings. The molecule has 0 bridgehead atoms. The van der Waals surface area contributed by atoms with Crippen molar-refractivity contribution in [3.8, 4) is 0 Å². The van der Waals surface area contributed by atoms with E-state index >= 15 is 0 Å². The highest BCUT2D eigenvalue weighted by Crippen LogP contribution is 2.30. The zero-order valence-corrected chi connectivity index (χ0v) is 17.2. The van der Waals surface area contributed by atoms with Crippen molar-refractivity contribution in [2.75, 3.05) is 5.75 Å². The molecule has 0 unspecified atom stereocenters. The number of Topliss-reactive ketones (excluding diaryl/α,β-unsaturated/α-hetero) is 1. The van der Waals surface area contributed by atoms with Gasteiger partial charge in [0.2, 0.25) is 0 Å². The summed E-state index contributed by atoms with van der Waals surface area (Å²) in [5, 5.41) is 0. The molecule has 0 aliphatic heterocycles. The average molecular weight is 411 g/mol. The van der Waals surface area contributed by atoms with Crippen molar-refractivity contribution < 1.29 is 9.18 Å². The molecule has 2 aromatic carbocycles. The zero-order valence-electron chi connectivity index (χ0n) is 15.6. The summed E-state index contributed by atoms with van der Waals surface area (Å²) >= 11 is 3.10. The summed E-state index contributed by atoms with van der Waals surface area (Å²) < 4.78 is 17.3. The zero-order chi connectivity index (χ0) is 19.7. The van der Waals surface area contributed by atoms with E-state index in [0.717, 1.165) is 37.1 Å². The van der Waals surface area contributed by atoms with Crippen LogP contribution < -0.4 is 0 Å². The fourth-order valence-electron chi connectivity index (χ4n) is 3.22. The first-order valence-corrected chi connectivity index (χ1v) is 10.7. The van der Waals surface area contributed by atoms with Crippen molar-refractivity contribution >= 4 is 39.1 Å². The minimum atomic E-state index is -0.243. The number of rotatable bonds is 6. The lowest BCUT2D eigenvalue weighted by molar-refractivity contribution is 0.102. The number of ketones is 1. The van der Waals surface area contributed by atoms with Crippen LogP contribution in [0.15, 0.2) is 58.9 Å². The van der Waals surface area contributed by atoms with Crippen molar-refractivity contribution in [1.29, 1.82) is 0 Å². The maximum atomic E-state index is 13.1. The van der Waals surface area contributed by atoms with Crippen molar-refractivity contribution in [3.63, 3.8) is 0 Å². The molecule has 2 heterocycles. The highest BCUT2D eigenvalue weighted by Gasteiger charge is 2.17. The topological polar surface area (TPSA) is 34.9 Å². The highest BCUT2D eigenvalue weighted by molar-refractivity contribution is 8.01. The van der Waals surface area contributed by atoms with Crippen molar-refractivity contribution in [2.24, 2.45) is 0 Å². The van der Waals surface area contributed by atoms with Gasteiger partial charge < -0.3 is 4.57 Å². The van der Waals surface area contributed by atoms with Crippen LogP contribution in [0.1, 0.15) is 27.3 Å². The third-order valence-electron chi connectivity index (χ3n) is 4.73. The molecule has 0 spiro atoms. The van der Waals surface area contributed by atoms with Crippen LogP contribution in [0, 0.1) is 19.7 Å². The van der Waals surface area contributed by atoms with E-state index in [-0.39, 0.29) is 11.6 Å². The van der Waals surface area contributed by atoms with Crippen LogP contribution in [0.3, 0.4) is 0 Å². The molecule has 0 aliphatic rings. The molecule has 142 valence electrons. The Kier molecular flexibility index (Phi) is 5.33. The first-order valence-electron chi connectivity index (χ1n) is 8.94. The third-order valence-corrected chi connectivity index (χ3v) is 6.91. The van der Waals surface area contributed by atoms with E-state index in [1.807, 2.05) is 44.2 Å². The summed E-state index contributed by atoms with van der Waals surface area (Å²) in [5.74, 6) is 0.218. The van der Waals surface area contributed by atoms with Crippen LogP contribution in [0.25, 0.3) is 10.2 Å². The summed E-state index contributed by atoms with van der Waals surface area (Å²) in [6.07, 6.45) is 0. The molecule has 2 aromatic heterocycles. The quantitative estimate of drug-likeness (QED) is 0.294. The maximum absolute atomic E-state index is 13.1. The smallest absolute Gasteiger partial charge is 0.174 e. The lowest BCUT2D eigenvalue weighted by Crippen LogP contribution is -2.07. The number of thiazole rings is 1. The summed E-state index contributed by atoms with van der Waals surface area (Å²) in [7, 11) is 0. The Morgan fingerprint density at radius 1 is 1.14 bits per heavy atom. The van der Waals surface area contributed by atoms with Gasteiger partial charge in [0.1, 0.15) is 5.82 Å². The van der Waals surface area contributed by atoms with Crippen molar-refractivity contribution in [2.45, 2.75) is 24.7 Å². The standard InChI is InChI=1S/C22H19FN2OS2/c1-14-11-18(15(2)25(14)12-16-7-9-17(23)10-8-16)20(26)13-27-22-24-19-5-3-4-6-21(19)28-22/h3-11H,12-13H2,1-2H3. The number of hydrogen-bond acceptors (Lipinski definition) is 4. The van der Waals surface area contributed by atoms with E-state index in [0.29, 0.717) is 12.3 Å². The second-order valence-corrected chi connectivity index (χ2v) is 8.91. The maximum Gasteiger partial charge on any atom is 0.174 e. The number of aryl methyl sites for hydroxylation is 1. The summed E-state index contributed by atoms with van der Waals surface area (Å²) in [6.45, 7) is 4.58. The molecule has 0 amide bonds. The Hall–Kier alpha value is -2.44. The van der Waals surface area contributed by atoms with Crippen molar-refractivity contribution in [3.05, 3.63) is 82.9 Å². The largest absolute Gasteiger partial charge is 0.344 e. The average Bonchev–Trinajstić information content (AvgIpc) is 3.23. The highest BCUT2D eigenvalue weighted by atomic mass is 32.2. The van der Waals surface area contributed by atoms with Gasteiger partial charge in [0.05, 0.1) is 16.0 Å². The predicted molar refractivity (Wildman–Crippen MR) is 114 cm³/mol. The fraction of sp³-hybridized carbons (Fsp3) is 0.182. The van der Waals surface area contributed by atoms with Crippen LogP contribution in [0.2, 0.25) is 0 Å². The van der Waals surface area contributed by atoms with E-state index in [1.165, 1.54) is 23.9 Å². The molecule has 0 N–H and O–H groups in total. The van der Waals surface area contributed by atoms with Gasteiger partial charge in [-0.15, -0.1) is 11.3 Å². The van der Waals surface area contributed by atoms with Gasteiger partial charge in [-0.3, -0.25) is 4.79 Å². The molecule has 0 atom stereocenters. The minimum Gasteiger partial charge on any atom is -0.344 e. The molecular weight excluding hydrogens is 391 g/mol. The molecule has 0 fully saturated rings. The van der Waals surface area contributed by atoms with E-state index in [1.54, 1.807) is 23.5 Å². The van der Waals surface area contributed by atoms with Crippen LogP contribution >= 0.6 is 23.1 Å². The van der Waals surface area contributed by atoms with Gasteiger partial charge in [0.15, 0.2) is 10.1 Å². The van der Waals surface area contributed by atoms with Crippen LogP contribution in [-0.4, -0.2) is 21.1 Å². The number of benzene rings is 2. The van der Waals surface area contributed by atoms with Crippen LogP contribution in [0.4, 0.5) is 4.39 Å². The van der Waals surface area contributed by atoms with Crippen LogP contribution in [-0.2, 0) is 6.54 Å². The molecule has 4 rings (SSSR count). The number of nitrogens with zero attached hydrogens (tertiary/aromatic N) is 2. The number of fused-ring (bicyclic) bond motifs is 1. The molecule has 0 aliphatic carbocycles. The van der Waals surface area contributed by atoms with Gasteiger partial charge in [-0.05, 0) is 49.7 Å². The molecule has 3 nitrogen and oxygen atoms in total. The molecule has 28 heavy (non-hydrogen) atoms. The van der Waals surface area contributed by atoms with E-state index in [9.17, 15) is 9.18 Å². The third kappa shape index (κ3) is 3.88. The second-order valence-electron chi connectivity index (χ2n) is 6.66. The number of hydrogen-bond donors (Lipinski definition) is 0. The monoisotopic (exact) mass is 410 g/mol. The first-order chi connectivity index (χ1) is 13.5. The number of thioether (sulfide) groups is 1. The molecular formula is C22H19FN2OS2. The van der Waals surface area contributed by atoms with Gasteiger partial charge in [-0.2, -0.15) is 0 Å². The van der Waals surface area contributed by atoms with Crippen molar-refractivity contribution in [1.82, 2.24) is 9.55 Å².